The highest BCUT2D eigenvalue weighted by Crippen LogP contribution is 2.28. The molecule has 1 aromatic heterocycles. The Morgan fingerprint density at radius 3 is 3.00 bits per heavy atom. The number of likely N-dealkylation sites (N-methyl/N-ethyl adjacent to an activating group) is 1. The summed E-state index contributed by atoms with van der Waals surface area (Å²) in [4.78, 5) is 7.22. The molecule has 17 heavy (non-hydrogen) atoms. The summed E-state index contributed by atoms with van der Waals surface area (Å²) in [6, 6.07) is 0. The molecular weight excluding hydrogens is 212 g/mol. The van der Waals surface area contributed by atoms with Crippen LogP contribution >= 0.6 is 0 Å². The van der Waals surface area contributed by atoms with Crippen molar-refractivity contribution in [2.24, 2.45) is 5.73 Å². The predicted octanol–water partition coefficient (Wildman–Crippen LogP) is 1.49. The predicted molar refractivity (Wildman–Crippen MR) is 67.9 cm³/mol. The number of likely N-dealkylation sites (tertiary alicyclic amines) is 1. The summed E-state index contributed by atoms with van der Waals surface area (Å²) in [6.07, 6.45) is 8.29. The largest absolute Gasteiger partial charge is 0.319 e. The second-order valence-corrected chi connectivity index (χ2v) is 5.55. The van der Waals surface area contributed by atoms with E-state index in [4.69, 9.17) is 10.7 Å². The molecule has 0 aliphatic carbocycles. The van der Waals surface area contributed by atoms with Gasteiger partial charge >= 0.3 is 0 Å². The van der Waals surface area contributed by atoms with Crippen molar-refractivity contribution in [3.8, 4) is 0 Å². The zero-order valence-corrected chi connectivity index (χ0v) is 10.6. The van der Waals surface area contributed by atoms with E-state index in [0.29, 0.717) is 5.92 Å². The lowest BCUT2D eigenvalue weighted by atomic mass is 9.96. The first-order chi connectivity index (χ1) is 8.24. The Kier molecular flexibility index (Phi) is 2.92. The van der Waals surface area contributed by atoms with Crippen molar-refractivity contribution in [1.29, 1.82) is 0 Å². The number of hydrogen-bond acceptors (Lipinski definition) is 3. The Morgan fingerprint density at radius 2 is 2.24 bits per heavy atom. The highest BCUT2D eigenvalue weighted by atomic mass is 15.2. The SMILES string of the molecule is CN1CCCC(c2cn3c(n2)CCCC3N)C1. The summed E-state index contributed by atoms with van der Waals surface area (Å²) in [5.41, 5.74) is 7.40. The number of aryl methyl sites for hydroxylation is 1. The van der Waals surface area contributed by atoms with E-state index in [1.54, 1.807) is 0 Å². The molecule has 2 aliphatic rings. The van der Waals surface area contributed by atoms with Crippen molar-refractivity contribution < 1.29 is 0 Å². The summed E-state index contributed by atoms with van der Waals surface area (Å²) in [5.74, 6) is 1.81. The number of nitrogens with two attached hydrogens (primary N) is 1. The smallest absolute Gasteiger partial charge is 0.110 e. The Hall–Kier alpha value is -0.870. The molecule has 0 saturated carbocycles. The average molecular weight is 234 g/mol. The van der Waals surface area contributed by atoms with Crippen LogP contribution in [0.2, 0.25) is 0 Å². The first kappa shape index (κ1) is 11.2. The lowest BCUT2D eigenvalue weighted by Crippen LogP contribution is -2.31. The maximum atomic E-state index is 6.13. The molecule has 0 bridgehead atoms. The second-order valence-electron chi connectivity index (χ2n) is 5.55. The standard InChI is InChI=1S/C13H22N4/c1-16-7-3-4-10(8-16)11-9-17-12(14)5-2-6-13(17)15-11/h9-10,12H,2-8,14H2,1H3. The normalized spacial score (nSPS) is 30.2. The molecule has 0 spiro atoms. The van der Waals surface area contributed by atoms with E-state index in [2.05, 4.69) is 22.7 Å². The number of imidazole rings is 1. The van der Waals surface area contributed by atoms with E-state index in [1.807, 2.05) is 0 Å². The molecule has 0 amide bonds. The molecule has 2 unspecified atom stereocenters. The number of aromatic nitrogens is 2. The van der Waals surface area contributed by atoms with E-state index in [0.717, 1.165) is 19.4 Å². The molecular formula is C13H22N4. The van der Waals surface area contributed by atoms with E-state index >= 15 is 0 Å². The Morgan fingerprint density at radius 1 is 1.35 bits per heavy atom. The van der Waals surface area contributed by atoms with Gasteiger partial charge in [0.15, 0.2) is 0 Å². The molecule has 4 nitrogen and oxygen atoms in total. The first-order valence-corrected chi connectivity index (χ1v) is 6.76. The van der Waals surface area contributed by atoms with Gasteiger partial charge in [0.2, 0.25) is 0 Å². The van der Waals surface area contributed by atoms with Gasteiger partial charge in [0.25, 0.3) is 0 Å². The molecule has 1 saturated heterocycles. The number of hydrogen-bond donors (Lipinski definition) is 1. The Bertz CT molecular complexity index is 398. The van der Waals surface area contributed by atoms with Crippen molar-refractivity contribution in [1.82, 2.24) is 14.5 Å². The molecule has 3 heterocycles. The Balaban J connectivity index is 1.83. The van der Waals surface area contributed by atoms with Gasteiger partial charge in [-0.1, -0.05) is 0 Å². The van der Waals surface area contributed by atoms with Gasteiger partial charge < -0.3 is 15.2 Å². The highest BCUT2D eigenvalue weighted by molar-refractivity contribution is 5.13. The van der Waals surface area contributed by atoms with Gasteiger partial charge in [-0.2, -0.15) is 0 Å². The molecule has 0 radical (unpaired) electrons. The summed E-state index contributed by atoms with van der Waals surface area (Å²) >= 11 is 0. The van der Waals surface area contributed by atoms with Gasteiger partial charge in [-0.05, 0) is 39.3 Å². The van der Waals surface area contributed by atoms with Crippen LogP contribution in [0.3, 0.4) is 0 Å². The first-order valence-electron chi connectivity index (χ1n) is 6.76. The van der Waals surface area contributed by atoms with Crippen LogP contribution < -0.4 is 5.73 Å². The van der Waals surface area contributed by atoms with Crippen LogP contribution in [0.4, 0.5) is 0 Å². The van der Waals surface area contributed by atoms with Gasteiger partial charge in [0.1, 0.15) is 5.82 Å². The fourth-order valence-electron chi connectivity index (χ4n) is 3.14. The van der Waals surface area contributed by atoms with Crippen molar-refractivity contribution in [3.63, 3.8) is 0 Å². The molecule has 2 aliphatic heterocycles. The minimum absolute atomic E-state index is 0.154. The van der Waals surface area contributed by atoms with Crippen LogP contribution in [0, 0.1) is 0 Å². The zero-order chi connectivity index (χ0) is 11.8. The lowest BCUT2D eigenvalue weighted by molar-refractivity contribution is 0.248. The van der Waals surface area contributed by atoms with Crippen LogP contribution in [-0.4, -0.2) is 34.6 Å². The van der Waals surface area contributed by atoms with E-state index < -0.39 is 0 Å². The zero-order valence-electron chi connectivity index (χ0n) is 10.6. The minimum atomic E-state index is 0.154. The van der Waals surface area contributed by atoms with Crippen LogP contribution in [-0.2, 0) is 6.42 Å². The van der Waals surface area contributed by atoms with Crippen LogP contribution in [0.1, 0.15) is 49.3 Å². The van der Waals surface area contributed by atoms with Crippen LogP contribution in [0.15, 0.2) is 6.20 Å². The molecule has 0 aromatic carbocycles. The van der Waals surface area contributed by atoms with Gasteiger partial charge in [-0.3, -0.25) is 0 Å². The number of fused-ring (bicyclic) bond motifs is 1. The molecule has 2 N–H and O–H groups in total. The molecule has 1 aromatic rings. The number of nitrogens with zero attached hydrogens (tertiary/aromatic N) is 3. The van der Waals surface area contributed by atoms with Crippen molar-refractivity contribution in [3.05, 3.63) is 17.7 Å². The highest BCUT2D eigenvalue weighted by Gasteiger charge is 2.25. The minimum Gasteiger partial charge on any atom is -0.319 e. The van der Waals surface area contributed by atoms with Crippen molar-refractivity contribution in [2.45, 2.75) is 44.2 Å². The van der Waals surface area contributed by atoms with Crippen LogP contribution in [0.5, 0.6) is 0 Å². The van der Waals surface area contributed by atoms with Gasteiger partial charge in [-0.15, -0.1) is 0 Å². The number of piperidine rings is 1. The fraction of sp³-hybridized carbons (Fsp3) is 0.769. The maximum absolute atomic E-state index is 6.13. The van der Waals surface area contributed by atoms with Gasteiger partial charge in [0.05, 0.1) is 11.9 Å². The van der Waals surface area contributed by atoms with E-state index in [1.165, 1.54) is 37.3 Å². The summed E-state index contributed by atoms with van der Waals surface area (Å²) in [6.45, 7) is 2.37. The summed E-state index contributed by atoms with van der Waals surface area (Å²) in [5, 5.41) is 0. The van der Waals surface area contributed by atoms with E-state index in [-0.39, 0.29) is 6.17 Å². The third kappa shape index (κ3) is 2.11. The van der Waals surface area contributed by atoms with Gasteiger partial charge in [0, 0.05) is 25.1 Å². The fourth-order valence-corrected chi connectivity index (χ4v) is 3.14. The molecule has 4 heteroatoms. The topological polar surface area (TPSA) is 47.1 Å². The monoisotopic (exact) mass is 234 g/mol. The van der Waals surface area contributed by atoms with Gasteiger partial charge in [-0.25, -0.2) is 4.98 Å². The molecule has 94 valence electrons. The molecule has 1 fully saturated rings. The van der Waals surface area contributed by atoms with Crippen molar-refractivity contribution in [2.75, 3.05) is 20.1 Å². The van der Waals surface area contributed by atoms with E-state index in [9.17, 15) is 0 Å². The molecule has 2 atom stereocenters. The quantitative estimate of drug-likeness (QED) is 0.800. The lowest BCUT2D eigenvalue weighted by Gasteiger charge is -2.28. The Labute approximate surface area is 103 Å². The number of rotatable bonds is 1. The second kappa shape index (κ2) is 4.42. The third-order valence-electron chi connectivity index (χ3n) is 4.13. The summed E-state index contributed by atoms with van der Waals surface area (Å²) < 4.78 is 2.20. The van der Waals surface area contributed by atoms with Crippen LogP contribution in [0.25, 0.3) is 0 Å². The third-order valence-corrected chi connectivity index (χ3v) is 4.13. The van der Waals surface area contributed by atoms with Crippen molar-refractivity contribution >= 4 is 0 Å². The average Bonchev–Trinajstić information content (AvgIpc) is 2.74. The maximum Gasteiger partial charge on any atom is 0.110 e. The molecule has 3 rings (SSSR count). The summed E-state index contributed by atoms with van der Waals surface area (Å²) in [7, 11) is 2.20.